The minimum atomic E-state index is -0.600. The van der Waals surface area contributed by atoms with Crippen molar-refractivity contribution in [3.8, 4) is 0 Å². The van der Waals surface area contributed by atoms with Crippen molar-refractivity contribution in [2.75, 3.05) is 6.54 Å². The molecule has 0 aliphatic rings. The largest absolute Gasteiger partial charge is 0.444 e. The molecular weight excluding hydrogens is 269 g/mol. The number of nitrogens with zero attached hydrogens (tertiary/aromatic N) is 1. The SMILES string of the molecule is [CH2]CN(Cc1cccc(Cl)c1F)C(=O)OC(C)(C)C. The van der Waals surface area contributed by atoms with Crippen molar-refractivity contribution in [2.45, 2.75) is 32.9 Å². The summed E-state index contributed by atoms with van der Waals surface area (Å²) in [5.74, 6) is -0.522. The number of hydrogen-bond acceptors (Lipinski definition) is 2. The van der Waals surface area contributed by atoms with Crippen LogP contribution in [0.15, 0.2) is 18.2 Å². The van der Waals surface area contributed by atoms with Crippen LogP contribution in [0.2, 0.25) is 5.02 Å². The van der Waals surface area contributed by atoms with E-state index in [2.05, 4.69) is 6.92 Å². The van der Waals surface area contributed by atoms with Gasteiger partial charge in [0, 0.05) is 12.1 Å². The third kappa shape index (κ3) is 4.71. The first kappa shape index (κ1) is 15.8. The maximum atomic E-state index is 13.8. The Hall–Kier alpha value is -1.29. The lowest BCUT2D eigenvalue weighted by atomic mass is 10.2. The standard InChI is InChI=1S/C14H18ClFNO2/c1-5-17(13(18)19-14(2,3)4)9-10-7-6-8-11(15)12(10)16/h6-8H,1,5,9H2,2-4H3. The Labute approximate surface area is 118 Å². The highest BCUT2D eigenvalue weighted by atomic mass is 35.5. The zero-order valence-electron chi connectivity index (χ0n) is 11.4. The van der Waals surface area contributed by atoms with Gasteiger partial charge in [-0.2, -0.15) is 0 Å². The second kappa shape index (κ2) is 6.24. The highest BCUT2D eigenvalue weighted by molar-refractivity contribution is 6.30. The molecule has 0 atom stereocenters. The zero-order chi connectivity index (χ0) is 14.6. The summed E-state index contributed by atoms with van der Waals surface area (Å²) in [5, 5.41) is 0.0331. The normalized spacial score (nSPS) is 11.3. The summed E-state index contributed by atoms with van der Waals surface area (Å²) in [7, 11) is 0. The van der Waals surface area contributed by atoms with Crippen molar-refractivity contribution >= 4 is 17.7 Å². The molecule has 5 heteroatoms. The molecule has 105 valence electrons. The first-order valence-corrected chi connectivity index (χ1v) is 6.32. The molecule has 1 amide bonds. The van der Waals surface area contributed by atoms with Crippen LogP contribution in [-0.2, 0) is 11.3 Å². The molecule has 0 bridgehead atoms. The molecule has 0 saturated heterocycles. The number of carbonyl (C=O) groups excluding carboxylic acids is 1. The molecule has 1 aromatic rings. The summed E-state index contributed by atoms with van der Waals surface area (Å²) in [5.41, 5.74) is -0.265. The number of amides is 1. The third-order valence-electron chi connectivity index (χ3n) is 2.31. The molecule has 1 rings (SSSR count). The summed E-state index contributed by atoms with van der Waals surface area (Å²) >= 11 is 5.70. The van der Waals surface area contributed by atoms with Crippen molar-refractivity contribution in [3.63, 3.8) is 0 Å². The van der Waals surface area contributed by atoms with Crippen LogP contribution in [-0.4, -0.2) is 23.1 Å². The number of rotatable bonds is 3. The Morgan fingerprint density at radius 1 is 1.47 bits per heavy atom. The van der Waals surface area contributed by atoms with E-state index in [0.29, 0.717) is 5.56 Å². The third-order valence-corrected chi connectivity index (χ3v) is 2.61. The van der Waals surface area contributed by atoms with Crippen molar-refractivity contribution < 1.29 is 13.9 Å². The lowest BCUT2D eigenvalue weighted by Crippen LogP contribution is -2.36. The minimum Gasteiger partial charge on any atom is -0.444 e. The van der Waals surface area contributed by atoms with Gasteiger partial charge in [-0.05, 0) is 33.8 Å². The highest BCUT2D eigenvalue weighted by Crippen LogP contribution is 2.20. The van der Waals surface area contributed by atoms with E-state index in [1.807, 2.05) is 0 Å². The van der Waals surface area contributed by atoms with Gasteiger partial charge < -0.3 is 9.64 Å². The molecule has 0 saturated carbocycles. The Balaban J connectivity index is 2.82. The maximum Gasteiger partial charge on any atom is 0.410 e. The molecule has 0 aliphatic heterocycles. The Kier molecular flexibility index (Phi) is 5.18. The summed E-state index contributed by atoms with van der Waals surface area (Å²) in [6.45, 7) is 9.22. The highest BCUT2D eigenvalue weighted by Gasteiger charge is 2.22. The van der Waals surface area contributed by atoms with Crippen molar-refractivity contribution in [1.82, 2.24) is 4.90 Å². The molecule has 1 radical (unpaired) electrons. The average Bonchev–Trinajstić information content (AvgIpc) is 2.28. The van der Waals surface area contributed by atoms with Crippen LogP contribution in [0.1, 0.15) is 26.3 Å². The van der Waals surface area contributed by atoms with Gasteiger partial charge in [0.2, 0.25) is 0 Å². The molecule has 0 spiro atoms. The lowest BCUT2D eigenvalue weighted by Gasteiger charge is -2.26. The van der Waals surface area contributed by atoms with Crippen molar-refractivity contribution in [2.24, 2.45) is 0 Å². The first-order chi connectivity index (χ1) is 8.74. The van der Waals surface area contributed by atoms with Crippen molar-refractivity contribution in [1.29, 1.82) is 0 Å². The van der Waals surface area contributed by atoms with Crippen molar-refractivity contribution in [3.05, 3.63) is 41.5 Å². The Morgan fingerprint density at radius 2 is 2.11 bits per heavy atom. The van der Waals surface area contributed by atoms with E-state index in [1.54, 1.807) is 32.9 Å². The number of halogens is 2. The van der Waals surface area contributed by atoms with E-state index in [4.69, 9.17) is 16.3 Å². The Morgan fingerprint density at radius 3 is 2.63 bits per heavy atom. The summed E-state index contributed by atoms with van der Waals surface area (Å²) in [6.07, 6.45) is -0.526. The smallest absolute Gasteiger partial charge is 0.410 e. The van der Waals surface area contributed by atoms with E-state index in [-0.39, 0.29) is 18.1 Å². The van der Waals surface area contributed by atoms with Gasteiger partial charge in [-0.3, -0.25) is 0 Å². The van der Waals surface area contributed by atoms with Crippen LogP contribution in [0, 0.1) is 12.7 Å². The summed E-state index contributed by atoms with van der Waals surface area (Å²) < 4.78 is 19.0. The maximum absolute atomic E-state index is 13.8. The first-order valence-electron chi connectivity index (χ1n) is 5.94. The van der Waals surface area contributed by atoms with Gasteiger partial charge in [0.25, 0.3) is 0 Å². The van der Waals surface area contributed by atoms with E-state index in [0.717, 1.165) is 0 Å². The molecule has 3 nitrogen and oxygen atoms in total. The molecule has 0 aliphatic carbocycles. The van der Waals surface area contributed by atoms with E-state index < -0.39 is 17.5 Å². The van der Waals surface area contributed by atoms with Crippen LogP contribution < -0.4 is 0 Å². The average molecular weight is 287 g/mol. The monoisotopic (exact) mass is 286 g/mol. The quantitative estimate of drug-likeness (QED) is 0.839. The molecule has 1 aromatic carbocycles. The molecule has 0 aromatic heterocycles. The number of benzene rings is 1. The summed E-state index contributed by atoms with van der Waals surface area (Å²) in [6, 6.07) is 4.67. The van der Waals surface area contributed by atoms with E-state index in [9.17, 15) is 9.18 Å². The topological polar surface area (TPSA) is 29.5 Å². The van der Waals surface area contributed by atoms with Gasteiger partial charge in [0.15, 0.2) is 0 Å². The number of carbonyl (C=O) groups is 1. The van der Waals surface area contributed by atoms with E-state index in [1.165, 1.54) is 11.0 Å². The summed E-state index contributed by atoms with van der Waals surface area (Å²) in [4.78, 5) is 13.2. The minimum absolute atomic E-state index is 0.0331. The van der Waals surface area contributed by atoms with Gasteiger partial charge >= 0.3 is 6.09 Å². The molecule has 0 heterocycles. The van der Waals surface area contributed by atoms with Gasteiger partial charge in [0.05, 0.1) is 11.6 Å². The molecule has 0 unspecified atom stereocenters. The predicted octanol–water partition coefficient (Wildman–Crippen LogP) is 4.05. The zero-order valence-corrected chi connectivity index (χ0v) is 12.1. The fourth-order valence-electron chi connectivity index (χ4n) is 1.44. The van der Waals surface area contributed by atoms with Crippen LogP contribution in [0.25, 0.3) is 0 Å². The molecule has 0 N–H and O–H groups in total. The van der Waals surface area contributed by atoms with Crippen LogP contribution in [0.4, 0.5) is 9.18 Å². The van der Waals surface area contributed by atoms with Gasteiger partial charge in [-0.1, -0.05) is 23.7 Å². The van der Waals surface area contributed by atoms with Crippen LogP contribution in [0.5, 0.6) is 0 Å². The molecular formula is C14H18ClFNO2. The van der Waals surface area contributed by atoms with Gasteiger partial charge in [-0.15, -0.1) is 0 Å². The Bertz CT molecular complexity index is 457. The number of hydrogen-bond donors (Lipinski definition) is 0. The molecule has 19 heavy (non-hydrogen) atoms. The predicted molar refractivity (Wildman–Crippen MR) is 73.4 cm³/mol. The number of ether oxygens (including phenoxy) is 1. The molecule has 0 fully saturated rings. The van der Waals surface area contributed by atoms with Gasteiger partial charge in [0.1, 0.15) is 11.4 Å². The fraction of sp³-hybridized carbons (Fsp3) is 0.429. The van der Waals surface area contributed by atoms with E-state index >= 15 is 0 Å². The second-order valence-corrected chi connectivity index (χ2v) is 5.52. The second-order valence-electron chi connectivity index (χ2n) is 5.11. The van der Waals surface area contributed by atoms with Crippen LogP contribution >= 0.6 is 11.6 Å². The van der Waals surface area contributed by atoms with Gasteiger partial charge in [-0.25, -0.2) is 9.18 Å². The lowest BCUT2D eigenvalue weighted by molar-refractivity contribution is 0.0254. The van der Waals surface area contributed by atoms with Crippen LogP contribution in [0.3, 0.4) is 0 Å². The fourth-order valence-corrected chi connectivity index (χ4v) is 1.63.